The van der Waals surface area contributed by atoms with Crippen molar-refractivity contribution in [1.82, 2.24) is 5.32 Å². The van der Waals surface area contributed by atoms with Crippen LogP contribution in [0.25, 0.3) is 0 Å². The van der Waals surface area contributed by atoms with Gasteiger partial charge in [0.25, 0.3) is 0 Å². The first-order valence-corrected chi connectivity index (χ1v) is 6.13. The molecule has 0 spiro atoms. The van der Waals surface area contributed by atoms with Gasteiger partial charge in [-0.1, -0.05) is 37.1 Å². The molecular weight excluding hydrogens is 222 g/mol. The van der Waals surface area contributed by atoms with E-state index in [9.17, 15) is 0 Å². The fourth-order valence-electron chi connectivity index (χ4n) is 1.71. The van der Waals surface area contributed by atoms with Gasteiger partial charge >= 0.3 is 0 Å². The van der Waals surface area contributed by atoms with Crippen LogP contribution in [0.1, 0.15) is 31.4 Å². The van der Waals surface area contributed by atoms with Crippen LogP contribution in [0.5, 0.6) is 0 Å². The summed E-state index contributed by atoms with van der Waals surface area (Å²) >= 11 is 5.88. The molecule has 1 rings (SSSR count). The molecule has 0 saturated heterocycles. The number of halogens is 1. The Kier molecular flexibility index (Phi) is 6.46. The zero-order valence-corrected chi connectivity index (χ0v) is 10.8. The molecule has 0 amide bonds. The van der Waals surface area contributed by atoms with Crippen molar-refractivity contribution < 1.29 is 4.74 Å². The number of nitrogens with one attached hydrogen (secondary N) is 1. The number of rotatable bonds is 7. The van der Waals surface area contributed by atoms with Gasteiger partial charge in [0.15, 0.2) is 0 Å². The molecule has 0 aliphatic rings. The minimum Gasteiger partial charge on any atom is -0.383 e. The molecule has 0 bridgehead atoms. The number of benzene rings is 1. The molecule has 0 fully saturated rings. The first-order chi connectivity index (χ1) is 7.77. The van der Waals surface area contributed by atoms with Gasteiger partial charge in [0, 0.05) is 24.7 Å². The first kappa shape index (κ1) is 13.5. The van der Waals surface area contributed by atoms with E-state index >= 15 is 0 Å². The van der Waals surface area contributed by atoms with Gasteiger partial charge in [-0.15, -0.1) is 0 Å². The van der Waals surface area contributed by atoms with E-state index in [0.29, 0.717) is 6.04 Å². The lowest BCUT2D eigenvalue weighted by Gasteiger charge is -2.18. The van der Waals surface area contributed by atoms with Gasteiger partial charge in [0.1, 0.15) is 0 Å². The highest BCUT2D eigenvalue weighted by atomic mass is 35.5. The van der Waals surface area contributed by atoms with E-state index in [1.54, 1.807) is 7.11 Å². The Hall–Kier alpha value is -0.570. The molecule has 16 heavy (non-hydrogen) atoms. The zero-order chi connectivity index (χ0) is 11.8. The van der Waals surface area contributed by atoms with E-state index < -0.39 is 0 Å². The minimum absolute atomic E-state index is 0.400. The van der Waals surface area contributed by atoms with Gasteiger partial charge in [0.05, 0.1) is 6.61 Å². The summed E-state index contributed by atoms with van der Waals surface area (Å²) in [7, 11) is 1.72. The van der Waals surface area contributed by atoms with Gasteiger partial charge in [-0.3, -0.25) is 0 Å². The maximum Gasteiger partial charge on any atom is 0.0587 e. The van der Waals surface area contributed by atoms with Crippen LogP contribution >= 0.6 is 11.6 Å². The molecule has 0 heterocycles. The zero-order valence-electron chi connectivity index (χ0n) is 10.0. The van der Waals surface area contributed by atoms with Crippen LogP contribution in [0.2, 0.25) is 5.02 Å². The highest BCUT2D eigenvalue weighted by Crippen LogP contribution is 2.20. The molecule has 1 unspecified atom stereocenters. The average Bonchev–Trinajstić information content (AvgIpc) is 2.29. The highest BCUT2D eigenvalue weighted by Gasteiger charge is 2.08. The minimum atomic E-state index is 0.400. The Morgan fingerprint density at radius 3 is 2.56 bits per heavy atom. The topological polar surface area (TPSA) is 21.3 Å². The molecule has 3 heteroatoms. The van der Waals surface area contributed by atoms with Crippen molar-refractivity contribution in [2.45, 2.75) is 25.8 Å². The van der Waals surface area contributed by atoms with E-state index in [1.807, 2.05) is 12.1 Å². The molecule has 0 saturated carbocycles. The van der Waals surface area contributed by atoms with Crippen molar-refractivity contribution in [1.29, 1.82) is 0 Å². The Bertz CT molecular complexity index is 286. The lowest BCUT2D eigenvalue weighted by Crippen LogP contribution is -2.24. The molecule has 1 aromatic rings. The SMILES string of the molecule is CCCC(NCCOC)c1ccc(Cl)cc1. The normalized spacial score (nSPS) is 12.7. The molecule has 1 N–H and O–H groups in total. The molecule has 0 aliphatic carbocycles. The standard InChI is InChI=1S/C13H20ClNO/c1-3-4-13(15-9-10-16-2)11-5-7-12(14)8-6-11/h5-8,13,15H,3-4,9-10H2,1-2H3. The van der Waals surface area contributed by atoms with E-state index in [0.717, 1.165) is 31.0 Å². The molecule has 0 aromatic heterocycles. The molecular formula is C13H20ClNO. The number of hydrogen-bond acceptors (Lipinski definition) is 2. The summed E-state index contributed by atoms with van der Waals surface area (Å²) in [5, 5.41) is 4.28. The number of hydrogen-bond donors (Lipinski definition) is 1. The van der Waals surface area contributed by atoms with Crippen molar-refractivity contribution in [3.63, 3.8) is 0 Å². The van der Waals surface area contributed by atoms with Crippen LogP contribution in [0.4, 0.5) is 0 Å². The molecule has 1 atom stereocenters. The molecule has 0 aliphatic heterocycles. The second kappa shape index (κ2) is 7.66. The second-order valence-corrected chi connectivity index (χ2v) is 4.28. The van der Waals surface area contributed by atoms with Gasteiger partial charge in [-0.2, -0.15) is 0 Å². The van der Waals surface area contributed by atoms with Gasteiger partial charge in [0.2, 0.25) is 0 Å². The van der Waals surface area contributed by atoms with Crippen LogP contribution < -0.4 is 5.32 Å². The van der Waals surface area contributed by atoms with E-state index in [2.05, 4.69) is 24.4 Å². The van der Waals surface area contributed by atoms with Crippen molar-refractivity contribution in [3.8, 4) is 0 Å². The van der Waals surface area contributed by atoms with Crippen molar-refractivity contribution in [3.05, 3.63) is 34.9 Å². The third-order valence-corrected chi connectivity index (χ3v) is 2.80. The Balaban J connectivity index is 2.57. The Morgan fingerprint density at radius 1 is 1.31 bits per heavy atom. The van der Waals surface area contributed by atoms with Gasteiger partial charge in [-0.05, 0) is 24.1 Å². The van der Waals surface area contributed by atoms with E-state index in [1.165, 1.54) is 5.56 Å². The Morgan fingerprint density at radius 2 is 2.00 bits per heavy atom. The summed E-state index contributed by atoms with van der Waals surface area (Å²) in [5.74, 6) is 0. The van der Waals surface area contributed by atoms with E-state index in [-0.39, 0.29) is 0 Å². The fourth-order valence-corrected chi connectivity index (χ4v) is 1.83. The predicted octanol–water partition coefficient (Wildman–Crippen LogP) is 3.42. The summed E-state index contributed by atoms with van der Waals surface area (Å²) in [4.78, 5) is 0. The molecule has 0 radical (unpaired) electrons. The fraction of sp³-hybridized carbons (Fsp3) is 0.538. The lowest BCUT2D eigenvalue weighted by molar-refractivity contribution is 0.195. The third-order valence-electron chi connectivity index (χ3n) is 2.55. The van der Waals surface area contributed by atoms with Crippen molar-refractivity contribution in [2.24, 2.45) is 0 Å². The maximum absolute atomic E-state index is 5.88. The number of methoxy groups -OCH3 is 1. The predicted molar refractivity (Wildman–Crippen MR) is 69.0 cm³/mol. The van der Waals surface area contributed by atoms with Crippen LogP contribution in [0, 0.1) is 0 Å². The molecule has 2 nitrogen and oxygen atoms in total. The summed E-state index contributed by atoms with van der Waals surface area (Å²) in [5.41, 5.74) is 1.29. The molecule has 1 aromatic carbocycles. The summed E-state index contributed by atoms with van der Waals surface area (Å²) in [6, 6.07) is 8.46. The maximum atomic E-state index is 5.88. The van der Waals surface area contributed by atoms with Gasteiger partial charge < -0.3 is 10.1 Å². The summed E-state index contributed by atoms with van der Waals surface area (Å²) < 4.78 is 5.04. The number of ether oxygens (including phenoxy) is 1. The molecule has 90 valence electrons. The van der Waals surface area contributed by atoms with Crippen molar-refractivity contribution >= 4 is 11.6 Å². The van der Waals surface area contributed by atoms with Crippen LogP contribution in [0.15, 0.2) is 24.3 Å². The summed E-state index contributed by atoms with van der Waals surface area (Å²) in [6.07, 6.45) is 2.29. The van der Waals surface area contributed by atoms with Gasteiger partial charge in [-0.25, -0.2) is 0 Å². The largest absolute Gasteiger partial charge is 0.383 e. The van der Waals surface area contributed by atoms with Crippen LogP contribution in [0.3, 0.4) is 0 Å². The third kappa shape index (κ3) is 4.52. The quantitative estimate of drug-likeness (QED) is 0.739. The first-order valence-electron chi connectivity index (χ1n) is 5.75. The highest BCUT2D eigenvalue weighted by molar-refractivity contribution is 6.30. The average molecular weight is 242 g/mol. The van der Waals surface area contributed by atoms with E-state index in [4.69, 9.17) is 16.3 Å². The smallest absolute Gasteiger partial charge is 0.0587 e. The Labute approximate surface area is 103 Å². The summed E-state index contributed by atoms with van der Waals surface area (Å²) in [6.45, 7) is 3.82. The van der Waals surface area contributed by atoms with Crippen LogP contribution in [-0.4, -0.2) is 20.3 Å². The lowest BCUT2D eigenvalue weighted by atomic mass is 10.0. The van der Waals surface area contributed by atoms with Crippen molar-refractivity contribution in [2.75, 3.05) is 20.3 Å². The second-order valence-electron chi connectivity index (χ2n) is 3.84. The monoisotopic (exact) mass is 241 g/mol. The van der Waals surface area contributed by atoms with Crippen LogP contribution in [-0.2, 0) is 4.74 Å².